The fraction of sp³-hybridized carbons (Fsp3) is 0.391. The van der Waals surface area contributed by atoms with Gasteiger partial charge in [0.15, 0.2) is 0 Å². The summed E-state index contributed by atoms with van der Waals surface area (Å²) in [7, 11) is 2.18. The molecule has 0 bridgehead atoms. The Balaban J connectivity index is 0.000000425. The maximum absolute atomic E-state index is 11.7. The SMILES string of the molecule is C1=CSC2C(=C1)Cc1ccccc12.FC1=CCC=C1.[Cl-].[Cl-].[Hf].[SiH2]C1CCCCC1. The third kappa shape index (κ3) is 9.43. The number of halogens is 3. The van der Waals surface area contributed by atoms with Gasteiger partial charge in [-0.05, 0) is 47.1 Å². The molecule has 1 unspecified atom stereocenters. The van der Waals surface area contributed by atoms with Crippen molar-refractivity contribution < 1.29 is 55.0 Å². The van der Waals surface area contributed by atoms with Gasteiger partial charge >= 0.3 is 0 Å². The molecule has 0 N–H and O–H groups in total. The molecule has 157 valence electrons. The Hall–Kier alpha value is 0.127. The average Bonchev–Trinajstić information content (AvgIpc) is 3.30. The fourth-order valence-corrected chi connectivity index (χ4v) is 5.29. The number of benzene rings is 1. The van der Waals surface area contributed by atoms with Gasteiger partial charge in [-0.1, -0.05) is 80.1 Å². The van der Waals surface area contributed by atoms with E-state index in [9.17, 15) is 4.39 Å². The Kier molecular flexibility index (Phi) is 15.9. The van der Waals surface area contributed by atoms with E-state index >= 15 is 0 Å². The van der Waals surface area contributed by atoms with Gasteiger partial charge in [0, 0.05) is 36.1 Å². The molecule has 1 aromatic rings. The van der Waals surface area contributed by atoms with Crippen molar-refractivity contribution >= 4 is 22.0 Å². The summed E-state index contributed by atoms with van der Waals surface area (Å²) in [6, 6.07) is 8.78. The quantitative estimate of drug-likeness (QED) is 0.379. The van der Waals surface area contributed by atoms with Crippen LogP contribution >= 0.6 is 11.8 Å². The van der Waals surface area contributed by atoms with Gasteiger partial charge in [0.05, 0.1) is 5.25 Å². The molecule has 0 amide bonds. The van der Waals surface area contributed by atoms with Crippen molar-refractivity contribution in [1.29, 1.82) is 0 Å². The van der Waals surface area contributed by atoms with Crippen LogP contribution < -0.4 is 24.8 Å². The summed E-state index contributed by atoms with van der Waals surface area (Å²) < 4.78 is 11.7. The summed E-state index contributed by atoms with van der Waals surface area (Å²) in [6.07, 6.45) is 18.6. The van der Waals surface area contributed by atoms with E-state index in [-0.39, 0.29) is 56.5 Å². The zero-order valence-corrected chi connectivity index (χ0v) is 24.0. The molecule has 29 heavy (non-hydrogen) atoms. The second-order valence-electron chi connectivity index (χ2n) is 7.19. The van der Waals surface area contributed by atoms with Crippen molar-refractivity contribution in [3.05, 3.63) is 82.6 Å². The maximum atomic E-state index is 11.7. The van der Waals surface area contributed by atoms with E-state index in [4.69, 9.17) is 0 Å². The summed E-state index contributed by atoms with van der Waals surface area (Å²) in [5, 5.41) is 2.80. The van der Waals surface area contributed by atoms with Gasteiger partial charge in [0.25, 0.3) is 0 Å². The third-order valence-corrected chi connectivity index (χ3v) is 7.08. The number of allylic oxidation sites excluding steroid dienone is 6. The van der Waals surface area contributed by atoms with Crippen LogP contribution in [0, 0.1) is 0 Å². The topological polar surface area (TPSA) is 0 Å². The number of rotatable bonds is 0. The van der Waals surface area contributed by atoms with Crippen LogP contribution in [-0.2, 0) is 32.3 Å². The predicted octanol–water partition coefficient (Wildman–Crippen LogP) is 0.648. The van der Waals surface area contributed by atoms with E-state index in [1.807, 2.05) is 11.8 Å². The van der Waals surface area contributed by atoms with E-state index in [0.717, 1.165) is 18.4 Å². The van der Waals surface area contributed by atoms with E-state index in [2.05, 4.69) is 52.1 Å². The largest absolute Gasteiger partial charge is 1.00 e. The third-order valence-electron chi connectivity index (χ3n) is 5.12. The standard InChI is InChI=1S/C12H10S.C6H13Si.C5H5F.2ClH.Hf/c1-2-6-11-9(4-1)8-10-5-3-7-13-12(10)11;7-6-4-2-1-3-5-6;6-5-3-1-2-4-5;;;/h1-7,12H,8H2;6H,1-5,7H2;1,3-4H,2H2;2*1H;/p-2. The Morgan fingerprint density at radius 1 is 1.03 bits per heavy atom. The normalized spacial score (nSPS) is 20.6. The number of hydrogen-bond donors (Lipinski definition) is 0. The Morgan fingerprint density at radius 3 is 2.31 bits per heavy atom. The van der Waals surface area contributed by atoms with Crippen LogP contribution in [0.2, 0.25) is 5.54 Å². The summed E-state index contributed by atoms with van der Waals surface area (Å²) in [5.41, 5.74) is 5.65. The summed E-state index contributed by atoms with van der Waals surface area (Å²) in [4.78, 5) is 0. The average molecular weight is 633 g/mol. The van der Waals surface area contributed by atoms with Crippen molar-refractivity contribution in [2.75, 3.05) is 0 Å². The molecule has 3 aliphatic carbocycles. The Bertz CT molecular complexity index is 725. The molecule has 1 heterocycles. The van der Waals surface area contributed by atoms with Gasteiger partial charge in [-0.25, -0.2) is 4.39 Å². The van der Waals surface area contributed by atoms with Crippen molar-refractivity contribution in [2.24, 2.45) is 0 Å². The molecular weight excluding hydrogens is 605 g/mol. The molecule has 0 saturated heterocycles. The molecule has 1 radical (unpaired) electrons. The molecule has 1 saturated carbocycles. The first-order valence-corrected chi connectivity index (χ1v) is 11.4. The minimum absolute atomic E-state index is 0. The molecule has 0 aromatic heterocycles. The molecule has 0 nitrogen and oxygen atoms in total. The van der Waals surface area contributed by atoms with Crippen LogP contribution in [-0.4, -0.2) is 10.2 Å². The second kappa shape index (κ2) is 15.9. The monoisotopic (exact) mass is 633 g/mol. The minimum Gasteiger partial charge on any atom is -1.00 e. The van der Waals surface area contributed by atoms with Crippen molar-refractivity contribution in [3.63, 3.8) is 0 Å². The van der Waals surface area contributed by atoms with Crippen molar-refractivity contribution in [1.82, 2.24) is 0 Å². The summed E-state index contributed by atoms with van der Waals surface area (Å²) >= 11 is 1.93. The molecule has 1 atom stereocenters. The molecule has 1 fully saturated rings. The van der Waals surface area contributed by atoms with Crippen LogP contribution in [0.1, 0.15) is 54.9 Å². The van der Waals surface area contributed by atoms with Gasteiger partial charge in [-0.2, -0.15) is 0 Å². The van der Waals surface area contributed by atoms with Crippen LogP contribution in [0.25, 0.3) is 0 Å². The maximum Gasteiger partial charge on any atom is 0.119 e. The van der Waals surface area contributed by atoms with Crippen LogP contribution in [0.5, 0.6) is 0 Å². The smallest absolute Gasteiger partial charge is 0.119 e. The van der Waals surface area contributed by atoms with Crippen LogP contribution in [0.3, 0.4) is 0 Å². The number of thioether (sulfide) groups is 1. The Morgan fingerprint density at radius 2 is 1.76 bits per heavy atom. The van der Waals surface area contributed by atoms with E-state index in [0.29, 0.717) is 5.25 Å². The van der Waals surface area contributed by atoms with Crippen molar-refractivity contribution in [3.8, 4) is 0 Å². The molecule has 5 rings (SSSR count). The van der Waals surface area contributed by atoms with E-state index in [1.54, 1.807) is 17.7 Å². The van der Waals surface area contributed by atoms with Gasteiger partial charge < -0.3 is 24.8 Å². The fourth-order valence-electron chi connectivity index (χ4n) is 3.67. The molecule has 6 heteroatoms. The second-order valence-corrected chi connectivity index (χ2v) is 9.36. The molecule has 1 aliphatic heterocycles. The molecule has 0 spiro atoms. The van der Waals surface area contributed by atoms with E-state index < -0.39 is 0 Å². The zero-order valence-electron chi connectivity index (χ0n) is 16.6. The minimum atomic E-state index is -0.102. The first-order chi connectivity index (χ1) is 12.7. The molecular formula is C23H28Cl2FHfSSi-2. The zero-order chi connectivity index (χ0) is 18.2. The predicted molar refractivity (Wildman–Crippen MR) is 116 cm³/mol. The van der Waals surface area contributed by atoms with Gasteiger partial charge in [-0.3, -0.25) is 0 Å². The molecule has 1 aromatic carbocycles. The Labute approximate surface area is 214 Å². The van der Waals surface area contributed by atoms with E-state index in [1.165, 1.54) is 49.3 Å². The van der Waals surface area contributed by atoms with Crippen LogP contribution in [0.4, 0.5) is 4.39 Å². The summed E-state index contributed by atoms with van der Waals surface area (Å²) in [5.74, 6) is -0.102. The first-order valence-electron chi connectivity index (χ1n) is 9.68. The van der Waals surface area contributed by atoms with Gasteiger partial charge in [-0.15, -0.1) is 11.8 Å². The number of fused-ring (bicyclic) bond motifs is 3. The van der Waals surface area contributed by atoms with Crippen molar-refractivity contribution in [2.45, 2.75) is 55.7 Å². The van der Waals surface area contributed by atoms with Crippen LogP contribution in [0.15, 0.2) is 71.5 Å². The first kappa shape index (κ1) is 29.1. The van der Waals surface area contributed by atoms with Gasteiger partial charge in [0.2, 0.25) is 0 Å². The molecule has 4 aliphatic rings. The summed E-state index contributed by atoms with van der Waals surface area (Å²) in [6.45, 7) is 0. The number of hydrogen-bond acceptors (Lipinski definition) is 1. The van der Waals surface area contributed by atoms with Gasteiger partial charge in [0.1, 0.15) is 5.83 Å².